The van der Waals surface area contributed by atoms with Gasteiger partial charge in [-0.3, -0.25) is 0 Å². The summed E-state index contributed by atoms with van der Waals surface area (Å²) in [5.74, 6) is 0. The summed E-state index contributed by atoms with van der Waals surface area (Å²) in [6.07, 6.45) is 5.93. The molecule has 2 aliphatic rings. The minimum Gasteiger partial charge on any atom is -0.311 e. The highest BCUT2D eigenvalue weighted by molar-refractivity contribution is 5.95. The third-order valence-corrected chi connectivity index (χ3v) is 10.8. The Morgan fingerprint density at radius 2 is 0.820 bits per heavy atom. The normalized spacial score (nSPS) is 13.9. The van der Waals surface area contributed by atoms with Crippen LogP contribution in [0.4, 0.5) is 34.1 Å². The Morgan fingerprint density at radius 3 is 1.38 bits per heavy atom. The average Bonchev–Trinajstić information content (AvgIpc) is 3.79. The topological polar surface area (TPSA) is 6.48 Å². The fourth-order valence-electron chi connectivity index (χ4n) is 8.56. The van der Waals surface area contributed by atoms with Gasteiger partial charge in [-0.15, -0.1) is 0 Å². The molecule has 0 saturated heterocycles. The number of fused-ring (bicyclic) bond motifs is 5. The van der Waals surface area contributed by atoms with E-state index in [1.807, 2.05) is 0 Å². The van der Waals surface area contributed by atoms with Crippen molar-refractivity contribution in [2.45, 2.75) is 37.5 Å². The number of anilines is 6. The lowest BCUT2D eigenvalue weighted by Gasteiger charge is -2.30. The summed E-state index contributed by atoms with van der Waals surface area (Å²) in [6.45, 7) is 0. The molecule has 50 heavy (non-hydrogen) atoms. The van der Waals surface area contributed by atoms with Gasteiger partial charge >= 0.3 is 0 Å². The summed E-state index contributed by atoms with van der Waals surface area (Å²) in [5, 5.41) is 0. The molecule has 2 aliphatic carbocycles. The second kappa shape index (κ2) is 12.9. The van der Waals surface area contributed by atoms with E-state index in [0.717, 1.165) is 23.5 Å². The van der Waals surface area contributed by atoms with Crippen molar-refractivity contribution in [1.82, 2.24) is 0 Å². The lowest BCUT2D eigenvalue weighted by atomic mass is 9.77. The van der Waals surface area contributed by atoms with Gasteiger partial charge in [0, 0.05) is 39.4 Å². The van der Waals surface area contributed by atoms with E-state index in [2.05, 4.69) is 192 Å². The van der Waals surface area contributed by atoms with Crippen LogP contribution in [0, 0.1) is 0 Å². The average molecular weight is 645 g/mol. The first-order valence-electron chi connectivity index (χ1n) is 18.0. The zero-order valence-electron chi connectivity index (χ0n) is 28.3. The monoisotopic (exact) mass is 644 g/mol. The maximum atomic E-state index is 2.46. The van der Waals surface area contributed by atoms with Gasteiger partial charge in [0.15, 0.2) is 0 Å². The molecule has 2 nitrogen and oxygen atoms in total. The van der Waals surface area contributed by atoms with Crippen molar-refractivity contribution < 1.29 is 0 Å². The van der Waals surface area contributed by atoms with Crippen LogP contribution in [0.5, 0.6) is 0 Å². The zero-order valence-corrected chi connectivity index (χ0v) is 28.3. The first-order chi connectivity index (χ1) is 24.8. The third kappa shape index (κ3) is 5.29. The molecule has 1 saturated carbocycles. The molecule has 0 aromatic heterocycles. The summed E-state index contributed by atoms with van der Waals surface area (Å²) in [7, 11) is 0. The smallest absolute Gasteiger partial charge is 0.0543 e. The maximum Gasteiger partial charge on any atom is 0.0543 e. The predicted molar refractivity (Wildman–Crippen MR) is 210 cm³/mol. The van der Waals surface area contributed by atoms with E-state index in [9.17, 15) is 0 Å². The van der Waals surface area contributed by atoms with Crippen LogP contribution in [0.25, 0.3) is 11.1 Å². The number of nitrogens with zero attached hydrogens (tertiary/aromatic N) is 2. The molecule has 9 rings (SSSR count). The van der Waals surface area contributed by atoms with Crippen LogP contribution >= 0.6 is 0 Å². The van der Waals surface area contributed by atoms with Crippen molar-refractivity contribution in [3.8, 4) is 11.1 Å². The molecule has 1 spiro atoms. The van der Waals surface area contributed by atoms with Crippen molar-refractivity contribution in [2.24, 2.45) is 0 Å². The van der Waals surface area contributed by atoms with Crippen molar-refractivity contribution in [1.29, 1.82) is 0 Å². The van der Waals surface area contributed by atoms with E-state index in [0.29, 0.717) is 0 Å². The van der Waals surface area contributed by atoms with Gasteiger partial charge in [-0.1, -0.05) is 128 Å². The van der Waals surface area contributed by atoms with Crippen LogP contribution < -0.4 is 9.80 Å². The number of hydrogen-bond acceptors (Lipinski definition) is 2. The second-order valence-electron chi connectivity index (χ2n) is 13.7. The van der Waals surface area contributed by atoms with Crippen LogP contribution in [0.3, 0.4) is 0 Å². The predicted octanol–water partition coefficient (Wildman–Crippen LogP) is 13.1. The highest BCUT2D eigenvalue weighted by Gasteiger charge is 2.46. The Labute approximate surface area is 295 Å². The lowest BCUT2D eigenvalue weighted by Crippen LogP contribution is -2.20. The summed E-state index contributed by atoms with van der Waals surface area (Å²) in [5.41, 5.74) is 15.6. The Balaban J connectivity index is 1.04. The molecule has 0 radical (unpaired) electrons. The van der Waals surface area contributed by atoms with Crippen molar-refractivity contribution in [2.75, 3.05) is 9.80 Å². The van der Waals surface area contributed by atoms with Crippen LogP contribution in [0.2, 0.25) is 0 Å². The largest absolute Gasteiger partial charge is 0.311 e. The molecule has 0 unspecified atom stereocenters. The van der Waals surface area contributed by atoms with Crippen molar-refractivity contribution in [3.05, 3.63) is 204 Å². The van der Waals surface area contributed by atoms with E-state index >= 15 is 0 Å². The molecule has 0 N–H and O–H groups in total. The van der Waals surface area contributed by atoms with E-state index in [4.69, 9.17) is 0 Å². The van der Waals surface area contributed by atoms with E-state index in [1.54, 1.807) is 0 Å². The number of benzene rings is 7. The number of rotatable bonds is 8. The molecule has 2 heteroatoms. The first kappa shape index (κ1) is 30.2. The molecule has 0 heterocycles. The molecule has 0 atom stereocenters. The Morgan fingerprint density at radius 1 is 0.380 bits per heavy atom. The molecule has 0 aliphatic heterocycles. The van der Waals surface area contributed by atoms with E-state index < -0.39 is 0 Å². The molecule has 242 valence electrons. The molecular formula is C48H40N2. The third-order valence-electron chi connectivity index (χ3n) is 10.8. The molecule has 7 aromatic carbocycles. The Hall–Kier alpha value is -5.86. The molecule has 0 amide bonds. The second-order valence-corrected chi connectivity index (χ2v) is 13.7. The summed E-state index contributed by atoms with van der Waals surface area (Å²) in [4.78, 5) is 4.77. The van der Waals surface area contributed by atoms with Gasteiger partial charge in [-0.2, -0.15) is 0 Å². The van der Waals surface area contributed by atoms with Gasteiger partial charge < -0.3 is 9.80 Å². The van der Waals surface area contributed by atoms with Gasteiger partial charge in [0.2, 0.25) is 0 Å². The van der Waals surface area contributed by atoms with Gasteiger partial charge in [-0.05, 0) is 114 Å². The van der Waals surface area contributed by atoms with Gasteiger partial charge in [0.05, 0.1) is 5.69 Å². The maximum absolute atomic E-state index is 2.46. The fourth-order valence-corrected chi connectivity index (χ4v) is 8.56. The number of hydrogen-bond donors (Lipinski definition) is 0. The van der Waals surface area contributed by atoms with Crippen molar-refractivity contribution in [3.63, 3.8) is 0 Å². The zero-order chi connectivity index (χ0) is 33.3. The van der Waals surface area contributed by atoms with Crippen molar-refractivity contribution >= 4 is 34.1 Å². The van der Waals surface area contributed by atoms with Gasteiger partial charge in [0.25, 0.3) is 0 Å². The van der Waals surface area contributed by atoms with Crippen LogP contribution in [-0.4, -0.2) is 0 Å². The number of para-hydroxylation sites is 3. The summed E-state index contributed by atoms with van der Waals surface area (Å²) < 4.78 is 0. The molecule has 0 bridgehead atoms. The first-order valence-corrected chi connectivity index (χ1v) is 18.0. The minimum absolute atomic E-state index is 0.142. The van der Waals surface area contributed by atoms with Crippen LogP contribution in [-0.2, 0) is 11.8 Å². The van der Waals surface area contributed by atoms with Crippen LogP contribution in [0.1, 0.15) is 47.9 Å². The highest BCUT2D eigenvalue weighted by Crippen LogP contribution is 2.59. The van der Waals surface area contributed by atoms with Crippen LogP contribution in [0.15, 0.2) is 182 Å². The van der Waals surface area contributed by atoms with Gasteiger partial charge in [-0.25, -0.2) is 0 Å². The fraction of sp³-hybridized carbons (Fsp3) is 0.125. The van der Waals surface area contributed by atoms with E-state index in [-0.39, 0.29) is 5.41 Å². The molecular weight excluding hydrogens is 605 g/mol. The van der Waals surface area contributed by atoms with E-state index in [1.165, 1.54) is 76.1 Å². The summed E-state index contributed by atoms with van der Waals surface area (Å²) >= 11 is 0. The quantitative estimate of drug-likeness (QED) is 0.162. The molecule has 1 fully saturated rings. The summed E-state index contributed by atoms with van der Waals surface area (Å²) in [6, 6.07) is 66.4. The standard InChI is InChI=1S/C48H40N2/c1-4-15-38(16-5-1)49(39-17-6-2-7-18-39)41-29-25-36(26-30-41)35-37-27-31-42(32-28-37)50(40-19-8-3-9-20-40)46-24-14-23-45-47(46)43-21-10-11-22-44(43)48(45)33-12-13-34-48/h1-11,14-32H,12-13,33-35H2. The van der Waals surface area contributed by atoms with Gasteiger partial charge in [0.1, 0.15) is 0 Å². The Kier molecular flexibility index (Phi) is 7.78. The minimum atomic E-state index is 0.142. The Bertz CT molecular complexity index is 2180. The SMILES string of the molecule is c1ccc(N(c2ccccc2)c2ccc(Cc3ccc(N(c4ccccc4)c4cccc5c4-c4ccccc4C54CCCC4)cc3)cc2)cc1. The molecule has 7 aromatic rings. The highest BCUT2D eigenvalue weighted by atomic mass is 15.1. The lowest BCUT2D eigenvalue weighted by molar-refractivity contribution is 0.550.